The molecule has 0 aromatic heterocycles. The Bertz CT molecular complexity index is 206. The molecule has 0 fully saturated rings. The van der Waals surface area contributed by atoms with Gasteiger partial charge in [0.05, 0.1) is 0 Å². The molecule has 9 heavy (non-hydrogen) atoms. The molecule has 0 bridgehead atoms. The van der Waals surface area contributed by atoms with Crippen molar-refractivity contribution < 1.29 is 0 Å². The number of azide groups is 1. The van der Waals surface area contributed by atoms with Gasteiger partial charge in [-0.2, -0.15) is 0 Å². The first-order valence-corrected chi connectivity index (χ1v) is 6.51. The predicted molar refractivity (Wildman–Crippen MR) is 35.1 cm³/mol. The van der Waals surface area contributed by atoms with E-state index in [1.54, 1.807) is 10.4 Å². The summed E-state index contributed by atoms with van der Waals surface area (Å²) in [5.41, 5.74) is 7.82. The van der Waals surface area contributed by atoms with Gasteiger partial charge in [-0.05, 0) is 0 Å². The first kappa shape index (κ1) is 8.16. The molecule has 0 rings (SSSR count). The Kier molecular flexibility index (Phi) is 4.80. The van der Waals surface area contributed by atoms with Crippen molar-refractivity contribution in [2.45, 2.75) is 0 Å². The quantitative estimate of drug-likeness (QED) is 0.219. The summed E-state index contributed by atoms with van der Waals surface area (Å²) in [6, 6.07) is 0. The van der Waals surface area contributed by atoms with Gasteiger partial charge in [0, 0.05) is 0 Å². The van der Waals surface area contributed by atoms with Crippen molar-refractivity contribution in [3.8, 4) is 10.4 Å². The van der Waals surface area contributed by atoms with Crippen LogP contribution < -0.4 is 0 Å². The van der Waals surface area contributed by atoms with Gasteiger partial charge in [0.25, 0.3) is 0 Å². The van der Waals surface area contributed by atoms with Gasteiger partial charge in [-0.15, -0.1) is 0 Å². The maximum absolute atomic E-state index is 8.17. The summed E-state index contributed by atoms with van der Waals surface area (Å²) in [7, 11) is 0.771. The number of hydrogen-bond acceptors (Lipinski definition) is 4. The van der Waals surface area contributed by atoms with Crippen molar-refractivity contribution in [3.05, 3.63) is 10.4 Å². The van der Waals surface area contributed by atoms with Crippen LogP contribution in [-0.2, 0) is 0 Å². The van der Waals surface area contributed by atoms with Crippen molar-refractivity contribution >= 4 is 23.2 Å². The summed E-state index contributed by atoms with van der Waals surface area (Å²) in [4.78, 5) is 4.19. The van der Waals surface area contributed by atoms with Crippen molar-refractivity contribution in [3.63, 3.8) is 0 Å². The van der Waals surface area contributed by atoms with E-state index in [2.05, 4.69) is 9.04 Å². The molecule has 5 nitrogen and oxygen atoms in total. The van der Waals surface area contributed by atoms with Crippen LogP contribution in [0.1, 0.15) is 0 Å². The van der Waals surface area contributed by atoms with E-state index in [4.69, 9.17) is 16.1 Å². The minimum atomic E-state index is -2.20. The van der Waals surface area contributed by atoms with Crippen LogP contribution in [0, 0.1) is 20.9 Å². The molecule has 0 aromatic carbocycles. The van der Waals surface area contributed by atoms with E-state index >= 15 is 0 Å². The van der Waals surface area contributed by atoms with E-state index in [9.17, 15) is 0 Å². The van der Waals surface area contributed by atoms with E-state index in [1.165, 1.54) is 0 Å². The standard InChI is InChI=1S/C2HN5SSe/c3-1-8-9(2-4)7-6-5/h9H. The SMILES string of the molecule is N#CS[SeH](C#N)N=[N+]=[N-]. The summed E-state index contributed by atoms with van der Waals surface area (Å²) in [5, 5.41) is 17.9. The van der Waals surface area contributed by atoms with Crippen LogP contribution in [0.15, 0.2) is 4.13 Å². The molecule has 0 aliphatic rings. The number of nitriles is 2. The van der Waals surface area contributed by atoms with Gasteiger partial charge in [-0.1, -0.05) is 0 Å². The zero-order chi connectivity index (χ0) is 7.11. The third-order valence-corrected chi connectivity index (χ3v) is 3.86. The Morgan fingerprint density at radius 3 is 2.67 bits per heavy atom. The second kappa shape index (κ2) is 5.30. The fourth-order valence-corrected chi connectivity index (χ4v) is 1.67. The molecule has 0 N–H and O–H groups in total. The van der Waals surface area contributed by atoms with E-state index in [1.807, 2.05) is 0 Å². The fraction of sp³-hybridized carbons (Fsp3) is 0. The molecule has 1 atom stereocenters. The third-order valence-electron chi connectivity index (χ3n) is 0.334. The number of rotatable bonds is 2. The average molecular weight is 206 g/mol. The molecule has 46 valence electrons. The zero-order valence-electron chi connectivity index (χ0n) is 4.09. The maximum atomic E-state index is 8.17. The topological polar surface area (TPSA) is 96.3 Å². The third kappa shape index (κ3) is 3.72. The van der Waals surface area contributed by atoms with Crippen LogP contribution >= 0.6 is 10.2 Å². The van der Waals surface area contributed by atoms with Crippen molar-refractivity contribution in [2.75, 3.05) is 0 Å². The molecule has 7 heteroatoms. The second-order valence-electron chi connectivity index (χ2n) is 0.734. The first-order chi connectivity index (χ1) is 4.35. The van der Waals surface area contributed by atoms with Crippen LogP contribution in [0.5, 0.6) is 0 Å². The molecule has 0 spiro atoms. The van der Waals surface area contributed by atoms with Crippen molar-refractivity contribution in [1.29, 1.82) is 10.5 Å². The van der Waals surface area contributed by atoms with Crippen molar-refractivity contribution in [2.24, 2.45) is 4.13 Å². The van der Waals surface area contributed by atoms with Gasteiger partial charge in [0.2, 0.25) is 0 Å². The molecule has 0 saturated heterocycles. The monoisotopic (exact) mass is 207 g/mol. The van der Waals surface area contributed by atoms with E-state index < -0.39 is 13.0 Å². The number of nitrogens with zero attached hydrogens (tertiary/aromatic N) is 5. The van der Waals surface area contributed by atoms with Gasteiger partial charge in [0.15, 0.2) is 0 Å². The fourth-order valence-electron chi connectivity index (χ4n) is 0.134. The van der Waals surface area contributed by atoms with Crippen molar-refractivity contribution in [1.82, 2.24) is 0 Å². The average Bonchev–Trinajstić information content (AvgIpc) is 1.88. The van der Waals surface area contributed by atoms with Crippen LogP contribution in [-0.4, -0.2) is 13.0 Å². The van der Waals surface area contributed by atoms with Crippen LogP contribution in [0.25, 0.3) is 10.4 Å². The molecular formula is C2HN5SSe. The minimum absolute atomic E-state index is 0.771. The first-order valence-electron chi connectivity index (χ1n) is 1.66. The molecular weight excluding hydrogens is 205 g/mol. The molecule has 0 aliphatic heterocycles. The molecule has 0 aliphatic carbocycles. The molecule has 1 unspecified atom stereocenters. The zero-order valence-corrected chi connectivity index (χ0v) is 6.78. The second-order valence-corrected chi connectivity index (χ2v) is 5.99. The summed E-state index contributed by atoms with van der Waals surface area (Å²) in [6.45, 7) is 0. The van der Waals surface area contributed by atoms with Gasteiger partial charge in [0.1, 0.15) is 0 Å². The summed E-state index contributed by atoms with van der Waals surface area (Å²) in [5.74, 6) is 0. The van der Waals surface area contributed by atoms with E-state index in [-0.39, 0.29) is 0 Å². The Morgan fingerprint density at radius 1 is 1.67 bits per heavy atom. The summed E-state index contributed by atoms with van der Waals surface area (Å²) >= 11 is -2.20. The normalized spacial score (nSPS) is 12.0. The van der Waals surface area contributed by atoms with E-state index in [0.29, 0.717) is 0 Å². The number of thiocyanates is 1. The van der Waals surface area contributed by atoms with Crippen LogP contribution in [0.4, 0.5) is 0 Å². The molecule has 0 aromatic rings. The van der Waals surface area contributed by atoms with Gasteiger partial charge in [-0.25, -0.2) is 0 Å². The summed E-state index contributed by atoms with van der Waals surface area (Å²) < 4.78 is 3.14. The molecule has 0 amide bonds. The van der Waals surface area contributed by atoms with Crippen LogP contribution in [0.2, 0.25) is 0 Å². The van der Waals surface area contributed by atoms with Crippen LogP contribution in [0.3, 0.4) is 0 Å². The Morgan fingerprint density at radius 2 is 2.33 bits per heavy atom. The predicted octanol–water partition coefficient (Wildman–Crippen LogP) is 0.794. The van der Waals surface area contributed by atoms with Gasteiger partial charge >= 0.3 is 58.6 Å². The van der Waals surface area contributed by atoms with E-state index in [0.717, 1.165) is 10.2 Å². The van der Waals surface area contributed by atoms with Gasteiger partial charge < -0.3 is 0 Å². The number of hydrogen-bond donors (Lipinski definition) is 0. The molecule has 0 saturated carbocycles. The Balaban J connectivity index is 3.90. The Hall–Kier alpha value is -0.841. The van der Waals surface area contributed by atoms with Gasteiger partial charge in [-0.3, -0.25) is 0 Å². The molecule has 0 radical (unpaired) electrons. The summed E-state index contributed by atoms with van der Waals surface area (Å²) in [6.07, 6.45) is 0. The Labute approximate surface area is 59.1 Å². The molecule has 0 heterocycles.